The van der Waals surface area contributed by atoms with Crippen molar-refractivity contribution >= 4 is 29.0 Å². The van der Waals surface area contributed by atoms with Crippen LogP contribution >= 0.6 is 0 Å². The predicted molar refractivity (Wildman–Crippen MR) is 117 cm³/mol. The Kier molecular flexibility index (Phi) is 6.63. The molecular weight excluding hydrogens is 418 g/mol. The average Bonchev–Trinajstić information content (AvgIpc) is 3.09. The van der Waals surface area contributed by atoms with Crippen LogP contribution in [0.3, 0.4) is 0 Å². The number of hydrogen-bond acceptors (Lipinski definition) is 4. The molecule has 0 saturated carbocycles. The van der Waals surface area contributed by atoms with Crippen LogP contribution in [0.1, 0.15) is 37.7 Å². The van der Waals surface area contributed by atoms with Gasteiger partial charge in [-0.05, 0) is 49.2 Å². The molecule has 0 radical (unpaired) electrons. The Morgan fingerprint density at radius 3 is 2.12 bits per heavy atom. The first kappa shape index (κ1) is 21.7. The number of oxime groups is 1. The van der Waals surface area contributed by atoms with Gasteiger partial charge >= 0.3 is 6.03 Å². The highest BCUT2D eigenvalue weighted by molar-refractivity contribution is 6.06. The molecule has 2 aliphatic heterocycles. The summed E-state index contributed by atoms with van der Waals surface area (Å²) in [7, 11) is 0. The first-order chi connectivity index (χ1) is 15.5. The molecule has 1 fully saturated rings. The summed E-state index contributed by atoms with van der Waals surface area (Å²) in [5, 5.41) is 9.25. The zero-order valence-corrected chi connectivity index (χ0v) is 17.4. The Hall–Kier alpha value is -3.49. The zero-order valence-electron chi connectivity index (χ0n) is 17.4. The average molecular weight is 442 g/mol. The first-order valence-electron chi connectivity index (χ1n) is 10.7. The molecule has 0 bridgehead atoms. The number of carbonyl (C=O) groups is 2. The van der Waals surface area contributed by atoms with E-state index in [9.17, 15) is 18.4 Å². The summed E-state index contributed by atoms with van der Waals surface area (Å²) < 4.78 is 27.9. The summed E-state index contributed by atoms with van der Waals surface area (Å²) in [5.74, 6) is -2.00. The second-order valence-electron chi connectivity index (χ2n) is 7.83. The minimum absolute atomic E-state index is 0.0480. The third kappa shape index (κ3) is 5.04. The van der Waals surface area contributed by atoms with Crippen LogP contribution in [-0.4, -0.2) is 41.7 Å². The van der Waals surface area contributed by atoms with Gasteiger partial charge in [0.25, 0.3) is 5.91 Å². The van der Waals surface area contributed by atoms with E-state index < -0.39 is 23.6 Å². The van der Waals surface area contributed by atoms with Crippen molar-refractivity contribution in [1.82, 2.24) is 4.90 Å². The summed E-state index contributed by atoms with van der Waals surface area (Å²) in [6, 6.07) is 10.1. The van der Waals surface area contributed by atoms with Gasteiger partial charge in [-0.15, -0.1) is 0 Å². The number of likely N-dealkylation sites (tertiary alicyclic amines) is 1. The Morgan fingerprint density at radius 1 is 0.906 bits per heavy atom. The maximum Gasteiger partial charge on any atom is 0.321 e. The van der Waals surface area contributed by atoms with Crippen LogP contribution in [0.2, 0.25) is 0 Å². The molecule has 1 saturated heterocycles. The quantitative estimate of drug-likeness (QED) is 0.731. The van der Waals surface area contributed by atoms with Crippen molar-refractivity contribution < 1.29 is 23.2 Å². The van der Waals surface area contributed by atoms with E-state index in [0.717, 1.165) is 50.9 Å². The van der Waals surface area contributed by atoms with Gasteiger partial charge in [-0.3, -0.25) is 4.79 Å². The van der Waals surface area contributed by atoms with E-state index in [4.69, 9.17) is 4.84 Å². The molecule has 0 spiro atoms. The summed E-state index contributed by atoms with van der Waals surface area (Å²) in [6.07, 6.45) is 3.27. The Balaban J connectivity index is 1.31. The fraction of sp³-hybridized carbons (Fsp3) is 0.348. The third-order valence-electron chi connectivity index (χ3n) is 5.51. The highest BCUT2D eigenvalue weighted by Gasteiger charge is 2.31. The van der Waals surface area contributed by atoms with Crippen molar-refractivity contribution in [3.05, 3.63) is 59.7 Å². The molecular formula is C23H24F2N4O3. The fourth-order valence-electron chi connectivity index (χ4n) is 3.78. The number of hydrogen-bond donors (Lipinski definition) is 2. The topological polar surface area (TPSA) is 83.0 Å². The van der Waals surface area contributed by atoms with Crippen LogP contribution in [0.15, 0.2) is 47.6 Å². The lowest BCUT2D eigenvalue weighted by molar-refractivity contribution is -0.125. The molecule has 2 N–H and O–H groups in total. The molecule has 9 heteroatoms. The number of nitrogens with one attached hydrogen (secondary N) is 2. The molecule has 4 rings (SSSR count). The monoisotopic (exact) mass is 442 g/mol. The van der Waals surface area contributed by atoms with Gasteiger partial charge in [0.1, 0.15) is 11.6 Å². The number of benzene rings is 2. The second kappa shape index (κ2) is 9.76. The van der Waals surface area contributed by atoms with Gasteiger partial charge in [0, 0.05) is 30.9 Å². The van der Waals surface area contributed by atoms with Crippen molar-refractivity contribution in [1.29, 1.82) is 0 Å². The molecule has 7 nitrogen and oxygen atoms in total. The molecule has 0 aliphatic carbocycles. The van der Waals surface area contributed by atoms with Crippen LogP contribution < -0.4 is 10.6 Å². The number of anilines is 2. The number of halogens is 2. The minimum Gasteiger partial charge on any atom is -0.382 e. The van der Waals surface area contributed by atoms with E-state index in [1.165, 1.54) is 6.07 Å². The van der Waals surface area contributed by atoms with Crippen molar-refractivity contribution in [2.24, 2.45) is 5.16 Å². The van der Waals surface area contributed by atoms with Crippen LogP contribution in [0, 0.1) is 11.6 Å². The second-order valence-corrected chi connectivity index (χ2v) is 7.83. The molecule has 168 valence electrons. The van der Waals surface area contributed by atoms with Gasteiger partial charge in [0.15, 0.2) is 0 Å². The number of nitrogens with zero attached hydrogens (tertiary/aromatic N) is 2. The first-order valence-corrected chi connectivity index (χ1v) is 10.7. The van der Waals surface area contributed by atoms with E-state index >= 15 is 0 Å². The normalized spacial score (nSPS) is 18.4. The fourth-order valence-corrected chi connectivity index (χ4v) is 3.78. The van der Waals surface area contributed by atoms with Gasteiger partial charge in [0.05, 0.1) is 11.3 Å². The Labute approximate surface area is 184 Å². The zero-order chi connectivity index (χ0) is 22.5. The third-order valence-corrected chi connectivity index (χ3v) is 5.51. The van der Waals surface area contributed by atoms with Crippen LogP contribution in [0.5, 0.6) is 0 Å². The Morgan fingerprint density at radius 2 is 1.50 bits per heavy atom. The smallest absolute Gasteiger partial charge is 0.321 e. The number of urea groups is 1. The summed E-state index contributed by atoms with van der Waals surface area (Å²) in [4.78, 5) is 31.8. The molecule has 1 atom stereocenters. The van der Waals surface area contributed by atoms with Crippen LogP contribution in [-0.2, 0) is 9.63 Å². The van der Waals surface area contributed by atoms with Crippen molar-refractivity contribution in [2.75, 3.05) is 23.7 Å². The van der Waals surface area contributed by atoms with Crippen LogP contribution in [0.4, 0.5) is 25.0 Å². The number of carbonyl (C=O) groups excluding carboxylic acids is 2. The van der Waals surface area contributed by atoms with Gasteiger partial charge in [0.2, 0.25) is 6.10 Å². The van der Waals surface area contributed by atoms with Crippen LogP contribution in [0.25, 0.3) is 0 Å². The van der Waals surface area contributed by atoms with E-state index in [0.29, 0.717) is 11.4 Å². The SMILES string of the molecule is O=C(Nc1ccc(NC(=O)N2CCCCCC2)cc1)[C@@H]1CC(c2c(F)cccc2F)=NO1. The van der Waals surface area contributed by atoms with Gasteiger partial charge in [-0.25, -0.2) is 13.6 Å². The van der Waals surface area contributed by atoms with Gasteiger partial charge < -0.3 is 20.4 Å². The standard InChI is InChI=1S/C23H24F2N4O3/c24-17-6-5-7-18(25)21(17)19-14-20(32-28-19)22(30)26-15-8-10-16(11-9-15)27-23(31)29-12-3-1-2-4-13-29/h5-11,20H,1-4,12-14H2,(H,26,30)(H,27,31)/t20-/m0/s1. The van der Waals surface area contributed by atoms with Crippen molar-refractivity contribution in [3.8, 4) is 0 Å². The summed E-state index contributed by atoms with van der Waals surface area (Å²) in [5.41, 5.74) is 0.881. The lowest BCUT2D eigenvalue weighted by Crippen LogP contribution is -2.35. The molecule has 3 amide bonds. The van der Waals surface area contributed by atoms with E-state index in [-0.39, 0.29) is 23.7 Å². The molecule has 2 aromatic carbocycles. The molecule has 2 heterocycles. The lowest BCUT2D eigenvalue weighted by Gasteiger charge is -2.20. The van der Waals surface area contributed by atoms with E-state index in [2.05, 4.69) is 15.8 Å². The molecule has 2 aromatic rings. The van der Waals surface area contributed by atoms with E-state index in [1.807, 2.05) is 4.90 Å². The summed E-state index contributed by atoms with van der Waals surface area (Å²) in [6.45, 7) is 1.50. The van der Waals surface area contributed by atoms with Gasteiger partial charge in [-0.1, -0.05) is 24.1 Å². The number of rotatable bonds is 4. The largest absolute Gasteiger partial charge is 0.382 e. The predicted octanol–water partition coefficient (Wildman–Crippen LogP) is 4.50. The highest BCUT2D eigenvalue weighted by atomic mass is 19.1. The van der Waals surface area contributed by atoms with Gasteiger partial charge in [-0.2, -0.15) is 0 Å². The maximum absolute atomic E-state index is 13.9. The minimum atomic E-state index is -0.994. The maximum atomic E-state index is 13.9. The molecule has 0 unspecified atom stereocenters. The van der Waals surface area contributed by atoms with Crippen molar-refractivity contribution in [2.45, 2.75) is 38.2 Å². The van der Waals surface area contributed by atoms with Crippen molar-refractivity contribution in [3.63, 3.8) is 0 Å². The van der Waals surface area contributed by atoms with E-state index in [1.54, 1.807) is 24.3 Å². The molecule has 2 aliphatic rings. The molecule has 32 heavy (non-hydrogen) atoms. The highest BCUT2D eigenvalue weighted by Crippen LogP contribution is 2.23. The molecule has 0 aromatic heterocycles. The lowest BCUT2D eigenvalue weighted by atomic mass is 10.0. The number of amides is 3. The summed E-state index contributed by atoms with van der Waals surface area (Å²) >= 11 is 0. The Bertz CT molecular complexity index is 998.